The van der Waals surface area contributed by atoms with Crippen molar-refractivity contribution in [2.45, 2.75) is 18.7 Å². The molecule has 2 rings (SSSR count). The zero-order chi connectivity index (χ0) is 14.2. The molecule has 0 saturated carbocycles. The highest BCUT2D eigenvalue weighted by atomic mass is 79.9. The molecule has 0 aliphatic carbocycles. The highest BCUT2D eigenvalue weighted by Gasteiger charge is 2.19. The molecular formula is C15H12Br2F2. The van der Waals surface area contributed by atoms with Crippen LogP contribution in [0.3, 0.4) is 0 Å². The third-order valence-electron chi connectivity index (χ3n) is 3.04. The molecule has 1 atom stereocenters. The minimum Gasteiger partial charge on any atom is -0.207 e. The van der Waals surface area contributed by atoms with E-state index in [4.69, 9.17) is 0 Å². The van der Waals surface area contributed by atoms with E-state index in [1.165, 1.54) is 18.2 Å². The standard InChI is InChI=1S/C15H12Br2F2/c1-8-5-11(18)6-9(2)14(8)15(17)12-7-10(16)3-4-13(12)19/h3-7,15H,1-2H3. The summed E-state index contributed by atoms with van der Waals surface area (Å²) in [6.45, 7) is 3.66. The number of alkyl halides is 1. The molecule has 100 valence electrons. The minimum absolute atomic E-state index is 0.270. The van der Waals surface area contributed by atoms with E-state index in [9.17, 15) is 8.78 Å². The Kier molecular flexibility index (Phi) is 4.41. The number of rotatable bonds is 2. The van der Waals surface area contributed by atoms with Crippen molar-refractivity contribution >= 4 is 31.9 Å². The van der Waals surface area contributed by atoms with Crippen molar-refractivity contribution < 1.29 is 8.78 Å². The summed E-state index contributed by atoms with van der Waals surface area (Å²) in [6.07, 6.45) is 0. The Bertz CT molecular complexity index is 601. The van der Waals surface area contributed by atoms with Gasteiger partial charge in [-0.25, -0.2) is 8.78 Å². The number of halogens is 4. The van der Waals surface area contributed by atoms with Crippen molar-refractivity contribution in [3.63, 3.8) is 0 Å². The van der Waals surface area contributed by atoms with E-state index < -0.39 is 0 Å². The van der Waals surface area contributed by atoms with E-state index >= 15 is 0 Å². The van der Waals surface area contributed by atoms with Crippen LogP contribution in [0, 0.1) is 25.5 Å². The molecule has 19 heavy (non-hydrogen) atoms. The van der Waals surface area contributed by atoms with Crippen LogP contribution in [0.25, 0.3) is 0 Å². The summed E-state index contributed by atoms with van der Waals surface area (Å²) in [7, 11) is 0. The van der Waals surface area contributed by atoms with E-state index in [1.54, 1.807) is 12.1 Å². The van der Waals surface area contributed by atoms with Gasteiger partial charge < -0.3 is 0 Å². The molecular weight excluding hydrogens is 378 g/mol. The average Bonchev–Trinajstić information content (AvgIpc) is 2.30. The Hall–Kier alpha value is -0.740. The Morgan fingerprint density at radius 3 is 2.16 bits per heavy atom. The maximum atomic E-state index is 13.9. The summed E-state index contributed by atoms with van der Waals surface area (Å²) >= 11 is 6.86. The first-order valence-electron chi connectivity index (χ1n) is 5.76. The first-order chi connectivity index (χ1) is 8.90. The second kappa shape index (κ2) is 5.71. The largest absolute Gasteiger partial charge is 0.207 e. The molecule has 1 unspecified atom stereocenters. The van der Waals surface area contributed by atoms with Crippen molar-refractivity contribution in [3.8, 4) is 0 Å². The quantitative estimate of drug-likeness (QED) is 0.567. The molecule has 0 saturated heterocycles. The summed E-state index contributed by atoms with van der Waals surface area (Å²) in [5.74, 6) is -0.554. The van der Waals surface area contributed by atoms with E-state index in [2.05, 4.69) is 31.9 Å². The van der Waals surface area contributed by atoms with Crippen molar-refractivity contribution in [3.05, 3.63) is 68.7 Å². The van der Waals surface area contributed by atoms with Crippen molar-refractivity contribution in [2.24, 2.45) is 0 Å². The topological polar surface area (TPSA) is 0 Å². The van der Waals surface area contributed by atoms with Gasteiger partial charge in [0.1, 0.15) is 11.6 Å². The number of aryl methyl sites for hydroxylation is 2. The fraction of sp³-hybridized carbons (Fsp3) is 0.200. The third kappa shape index (κ3) is 3.06. The fourth-order valence-electron chi connectivity index (χ4n) is 2.19. The van der Waals surface area contributed by atoms with Crippen LogP contribution in [-0.4, -0.2) is 0 Å². The summed E-state index contributed by atoms with van der Waals surface area (Å²) in [6, 6.07) is 7.74. The first-order valence-corrected chi connectivity index (χ1v) is 7.46. The number of hydrogen-bond donors (Lipinski definition) is 0. The molecule has 0 nitrogen and oxygen atoms in total. The lowest BCUT2D eigenvalue weighted by atomic mass is 9.95. The number of benzene rings is 2. The summed E-state index contributed by atoms with van der Waals surface area (Å²) in [5, 5.41) is 0. The smallest absolute Gasteiger partial charge is 0.127 e. The molecule has 0 fully saturated rings. The Labute approximate surface area is 128 Å². The monoisotopic (exact) mass is 388 g/mol. The zero-order valence-corrected chi connectivity index (χ0v) is 13.6. The van der Waals surface area contributed by atoms with Crippen molar-refractivity contribution in [1.82, 2.24) is 0 Å². The highest BCUT2D eigenvalue weighted by molar-refractivity contribution is 9.10. The fourth-order valence-corrected chi connectivity index (χ4v) is 3.64. The van der Waals surface area contributed by atoms with Crippen molar-refractivity contribution in [2.75, 3.05) is 0 Å². The third-order valence-corrected chi connectivity index (χ3v) is 4.49. The molecule has 0 aromatic heterocycles. The van der Waals surface area contributed by atoms with Gasteiger partial charge in [0.15, 0.2) is 0 Å². The van der Waals surface area contributed by atoms with Gasteiger partial charge in [0, 0.05) is 10.0 Å². The summed E-state index contributed by atoms with van der Waals surface area (Å²) in [4.78, 5) is -0.300. The van der Waals surface area contributed by atoms with E-state index in [0.29, 0.717) is 5.56 Å². The molecule has 2 aromatic rings. The van der Waals surface area contributed by atoms with E-state index in [0.717, 1.165) is 21.2 Å². The second-order valence-electron chi connectivity index (χ2n) is 4.48. The minimum atomic E-state index is -0.300. The van der Waals surface area contributed by atoms with Gasteiger partial charge in [-0.1, -0.05) is 31.9 Å². The molecule has 2 aromatic carbocycles. The highest BCUT2D eigenvalue weighted by Crippen LogP contribution is 2.37. The zero-order valence-electron chi connectivity index (χ0n) is 10.5. The van der Waals surface area contributed by atoms with Gasteiger partial charge in [0.2, 0.25) is 0 Å². The maximum Gasteiger partial charge on any atom is 0.127 e. The van der Waals surface area contributed by atoms with E-state index in [-0.39, 0.29) is 16.5 Å². The van der Waals surface area contributed by atoms with Gasteiger partial charge in [-0.15, -0.1) is 0 Å². The maximum absolute atomic E-state index is 13.9. The van der Waals surface area contributed by atoms with Crippen LogP contribution < -0.4 is 0 Å². The molecule has 0 aliphatic heterocycles. The average molecular weight is 390 g/mol. The van der Waals surface area contributed by atoms with Crippen LogP contribution in [0.15, 0.2) is 34.8 Å². The number of hydrogen-bond acceptors (Lipinski definition) is 0. The summed E-state index contributed by atoms with van der Waals surface area (Å²) < 4.78 is 28.1. The predicted octanol–water partition coefficient (Wildman–Crippen LogP) is 5.83. The SMILES string of the molecule is Cc1cc(F)cc(C)c1C(Br)c1cc(Br)ccc1F. The van der Waals surface area contributed by atoms with Gasteiger partial charge in [0.25, 0.3) is 0 Å². The Balaban J connectivity index is 2.56. The predicted molar refractivity (Wildman–Crippen MR) is 80.7 cm³/mol. The molecule has 0 heterocycles. The second-order valence-corrected chi connectivity index (χ2v) is 6.31. The van der Waals surface area contributed by atoms with Gasteiger partial charge in [-0.2, -0.15) is 0 Å². The van der Waals surface area contributed by atoms with Crippen LogP contribution >= 0.6 is 31.9 Å². The van der Waals surface area contributed by atoms with Gasteiger partial charge in [-0.3, -0.25) is 0 Å². The molecule has 4 heteroatoms. The molecule has 0 aliphatic rings. The van der Waals surface area contributed by atoms with Crippen LogP contribution in [0.5, 0.6) is 0 Å². The molecule has 0 bridgehead atoms. The summed E-state index contributed by atoms with van der Waals surface area (Å²) in [5.41, 5.74) is 3.04. The lowest BCUT2D eigenvalue weighted by molar-refractivity contribution is 0.611. The first kappa shape index (κ1) is 14.7. The molecule has 0 amide bonds. The molecule has 0 spiro atoms. The lowest BCUT2D eigenvalue weighted by Crippen LogP contribution is -2.02. The van der Waals surface area contributed by atoms with Crippen LogP contribution in [-0.2, 0) is 0 Å². The van der Waals surface area contributed by atoms with E-state index in [1.807, 2.05) is 13.8 Å². The normalized spacial score (nSPS) is 12.5. The van der Waals surface area contributed by atoms with Gasteiger partial charge in [0.05, 0.1) is 4.83 Å². The van der Waals surface area contributed by atoms with Crippen LogP contribution in [0.1, 0.15) is 27.1 Å². The Morgan fingerprint density at radius 2 is 1.58 bits per heavy atom. The lowest BCUT2D eigenvalue weighted by Gasteiger charge is -2.17. The molecule has 0 radical (unpaired) electrons. The molecule has 0 N–H and O–H groups in total. The van der Waals surface area contributed by atoms with Crippen molar-refractivity contribution in [1.29, 1.82) is 0 Å². The van der Waals surface area contributed by atoms with Crippen LogP contribution in [0.4, 0.5) is 8.78 Å². The van der Waals surface area contributed by atoms with Gasteiger partial charge in [-0.05, 0) is 60.9 Å². The van der Waals surface area contributed by atoms with Crippen LogP contribution in [0.2, 0.25) is 0 Å². The van der Waals surface area contributed by atoms with Gasteiger partial charge >= 0.3 is 0 Å². The Morgan fingerprint density at radius 1 is 1.00 bits per heavy atom.